The van der Waals surface area contributed by atoms with Gasteiger partial charge in [0.25, 0.3) is 0 Å². The van der Waals surface area contributed by atoms with Crippen LogP contribution in [0.15, 0.2) is 23.2 Å². The molecule has 4 nitrogen and oxygen atoms in total. The monoisotopic (exact) mass is 510 g/mol. The second kappa shape index (κ2) is 16.4. The van der Waals surface area contributed by atoms with Gasteiger partial charge in [0.05, 0.1) is 6.54 Å². The van der Waals surface area contributed by atoms with E-state index >= 15 is 0 Å². The fraction of sp³-hybridized carbons (Fsp3) is 0.650. The molecule has 1 rings (SSSR count). The highest BCUT2D eigenvalue weighted by atomic mass is 127. The molecule has 0 fully saturated rings. The predicted molar refractivity (Wildman–Crippen MR) is 129 cm³/mol. The van der Waals surface area contributed by atoms with E-state index in [9.17, 15) is 4.39 Å². The van der Waals surface area contributed by atoms with Gasteiger partial charge in [-0.15, -0.1) is 24.0 Å². The Kier molecular flexibility index (Phi) is 16.1. The molecule has 0 heterocycles. The highest BCUT2D eigenvalue weighted by Gasteiger charge is 2.05. The van der Waals surface area contributed by atoms with E-state index in [0.717, 1.165) is 62.0 Å². The molecule has 0 unspecified atom stereocenters. The summed E-state index contributed by atoms with van der Waals surface area (Å²) >= 11 is 1.70. The first-order chi connectivity index (χ1) is 12.6. The molecule has 27 heavy (non-hydrogen) atoms. The van der Waals surface area contributed by atoms with Gasteiger partial charge in [0.15, 0.2) is 5.96 Å². The van der Waals surface area contributed by atoms with Crippen molar-refractivity contribution in [1.82, 2.24) is 15.5 Å². The number of nitrogens with one attached hydrogen (secondary N) is 2. The number of guanidine groups is 1. The standard InChI is InChI=1S/C20H35FN4S.HI/c1-5-22-20(23-12-8-9-13-25(6-2)7-3)24-15-17-10-11-19(21)14-18(17)16-26-4;/h10-11,14H,5-9,12-13,15-16H2,1-4H3,(H2,22,23,24);1H. The first-order valence-electron chi connectivity index (χ1n) is 9.65. The Labute approximate surface area is 186 Å². The molecule has 0 aliphatic carbocycles. The minimum Gasteiger partial charge on any atom is -0.357 e. The Morgan fingerprint density at radius 1 is 1.11 bits per heavy atom. The van der Waals surface area contributed by atoms with Gasteiger partial charge in [-0.2, -0.15) is 11.8 Å². The number of aliphatic imine (C=N–C) groups is 1. The smallest absolute Gasteiger partial charge is 0.191 e. The molecule has 0 amide bonds. The summed E-state index contributed by atoms with van der Waals surface area (Å²) in [6.45, 7) is 12.2. The van der Waals surface area contributed by atoms with Crippen molar-refractivity contribution in [1.29, 1.82) is 0 Å². The summed E-state index contributed by atoms with van der Waals surface area (Å²) in [6, 6.07) is 4.98. The molecule has 0 saturated carbocycles. The maximum Gasteiger partial charge on any atom is 0.191 e. The first kappa shape index (κ1) is 26.5. The van der Waals surface area contributed by atoms with Crippen LogP contribution < -0.4 is 10.6 Å². The van der Waals surface area contributed by atoms with Gasteiger partial charge in [0.1, 0.15) is 5.82 Å². The molecule has 7 heteroatoms. The molecule has 0 aromatic heterocycles. The van der Waals surface area contributed by atoms with E-state index in [1.165, 1.54) is 12.5 Å². The summed E-state index contributed by atoms with van der Waals surface area (Å²) in [4.78, 5) is 7.12. The second-order valence-electron chi connectivity index (χ2n) is 6.20. The highest BCUT2D eigenvalue weighted by Crippen LogP contribution is 2.17. The van der Waals surface area contributed by atoms with Crippen molar-refractivity contribution >= 4 is 41.7 Å². The van der Waals surface area contributed by atoms with Crippen LogP contribution in [0.25, 0.3) is 0 Å². The summed E-state index contributed by atoms with van der Waals surface area (Å²) in [5.41, 5.74) is 2.11. The number of benzene rings is 1. The Balaban J connectivity index is 0.00000676. The Morgan fingerprint density at radius 3 is 2.48 bits per heavy atom. The molecule has 1 aromatic rings. The molecule has 0 radical (unpaired) electrons. The van der Waals surface area contributed by atoms with Crippen LogP contribution in [0.3, 0.4) is 0 Å². The van der Waals surface area contributed by atoms with Crippen molar-refractivity contribution in [2.45, 2.75) is 45.9 Å². The van der Waals surface area contributed by atoms with Crippen molar-refractivity contribution in [3.05, 3.63) is 35.1 Å². The third-order valence-corrected chi connectivity index (χ3v) is 4.91. The molecule has 0 aliphatic rings. The third kappa shape index (κ3) is 11.1. The number of nitrogens with zero attached hydrogens (tertiary/aromatic N) is 2. The van der Waals surface area contributed by atoms with Gasteiger partial charge < -0.3 is 15.5 Å². The van der Waals surface area contributed by atoms with Crippen LogP contribution in [0.2, 0.25) is 0 Å². The Hall–Kier alpha value is -0.540. The lowest BCUT2D eigenvalue weighted by Crippen LogP contribution is -2.38. The van der Waals surface area contributed by atoms with Gasteiger partial charge in [-0.05, 0) is 68.9 Å². The molecule has 1 aromatic carbocycles. The fourth-order valence-electron chi connectivity index (χ4n) is 2.75. The van der Waals surface area contributed by atoms with E-state index in [2.05, 4.69) is 41.3 Å². The zero-order chi connectivity index (χ0) is 19.2. The molecule has 0 aliphatic heterocycles. The minimum absolute atomic E-state index is 0. The number of hydrogen-bond acceptors (Lipinski definition) is 3. The van der Waals surface area contributed by atoms with E-state index in [1.54, 1.807) is 17.8 Å². The summed E-state index contributed by atoms with van der Waals surface area (Å²) in [5, 5.41) is 6.69. The molecular formula is C20H36FIN4S. The molecular weight excluding hydrogens is 474 g/mol. The van der Waals surface area contributed by atoms with Crippen molar-refractivity contribution in [3.63, 3.8) is 0 Å². The molecule has 0 spiro atoms. The predicted octanol–water partition coefficient (Wildman–Crippen LogP) is 4.48. The molecule has 0 atom stereocenters. The van der Waals surface area contributed by atoms with E-state index in [0.29, 0.717) is 6.54 Å². The SMILES string of the molecule is CCNC(=NCc1ccc(F)cc1CSC)NCCCCN(CC)CC.I. The number of hydrogen-bond donors (Lipinski definition) is 2. The van der Waals surface area contributed by atoms with Crippen molar-refractivity contribution < 1.29 is 4.39 Å². The zero-order valence-corrected chi connectivity index (χ0v) is 20.3. The number of halogens is 2. The van der Waals surface area contributed by atoms with Gasteiger partial charge >= 0.3 is 0 Å². The van der Waals surface area contributed by atoms with E-state index in [1.807, 2.05) is 12.3 Å². The average molecular weight is 511 g/mol. The summed E-state index contributed by atoms with van der Waals surface area (Å²) < 4.78 is 13.5. The fourth-order valence-corrected chi connectivity index (χ4v) is 3.33. The van der Waals surface area contributed by atoms with Crippen molar-refractivity contribution in [3.8, 4) is 0 Å². The molecule has 0 saturated heterocycles. The van der Waals surface area contributed by atoms with Crippen LogP contribution in [0, 0.1) is 5.82 Å². The lowest BCUT2D eigenvalue weighted by Gasteiger charge is -2.18. The van der Waals surface area contributed by atoms with Crippen LogP contribution >= 0.6 is 35.7 Å². The van der Waals surface area contributed by atoms with Crippen molar-refractivity contribution in [2.24, 2.45) is 4.99 Å². The number of unbranched alkanes of at least 4 members (excludes halogenated alkanes) is 1. The largest absolute Gasteiger partial charge is 0.357 e. The second-order valence-corrected chi connectivity index (χ2v) is 7.07. The average Bonchev–Trinajstić information content (AvgIpc) is 2.64. The zero-order valence-electron chi connectivity index (χ0n) is 17.2. The van der Waals surface area contributed by atoms with E-state index in [4.69, 9.17) is 0 Å². The van der Waals surface area contributed by atoms with Gasteiger partial charge in [-0.1, -0.05) is 19.9 Å². The van der Waals surface area contributed by atoms with E-state index in [-0.39, 0.29) is 29.8 Å². The molecule has 156 valence electrons. The Morgan fingerprint density at radius 2 is 1.85 bits per heavy atom. The van der Waals surface area contributed by atoms with Crippen LogP contribution in [0.4, 0.5) is 4.39 Å². The van der Waals surface area contributed by atoms with Crippen LogP contribution in [0.5, 0.6) is 0 Å². The third-order valence-electron chi connectivity index (χ3n) is 4.31. The first-order valence-corrected chi connectivity index (χ1v) is 11.0. The quantitative estimate of drug-likeness (QED) is 0.188. The molecule has 2 N–H and O–H groups in total. The topological polar surface area (TPSA) is 39.7 Å². The lowest BCUT2D eigenvalue weighted by atomic mass is 10.1. The van der Waals surface area contributed by atoms with Crippen LogP contribution in [-0.2, 0) is 12.3 Å². The van der Waals surface area contributed by atoms with Gasteiger partial charge in [0, 0.05) is 18.8 Å². The summed E-state index contributed by atoms with van der Waals surface area (Å²) in [7, 11) is 0. The summed E-state index contributed by atoms with van der Waals surface area (Å²) in [6.07, 6.45) is 4.33. The van der Waals surface area contributed by atoms with Crippen LogP contribution in [0.1, 0.15) is 44.7 Å². The van der Waals surface area contributed by atoms with Gasteiger partial charge in [-0.3, -0.25) is 0 Å². The van der Waals surface area contributed by atoms with Gasteiger partial charge in [-0.25, -0.2) is 9.38 Å². The normalized spacial score (nSPS) is 11.4. The number of rotatable bonds is 12. The maximum atomic E-state index is 13.5. The van der Waals surface area contributed by atoms with Gasteiger partial charge in [0.2, 0.25) is 0 Å². The summed E-state index contributed by atoms with van der Waals surface area (Å²) in [5.74, 6) is 1.45. The molecule has 0 bridgehead atoms. The number of thioether (sulfide) groups is 1. The van der Waals surface area contributed by atoms with Crippen LogP contribution in [-0.4, -0.2) is 49.8 Å². The van der Waals surface area contributed by atoms with E-state index < -0.39 is 0 Å². The lowest BCUT2D eigenvalue weighted by molar-refractivity contribution is 0.297. The Bertz CT molecular complexity index is 539. The highest BCUT2D eigenvalue weighted by molar-refractivity contribution is 14.0. The maximum absolute atomic E-state index is 13.5. The minimum atomic E-state index is -0.181. The van der Waals surface area contributed by atoms with Crippen molar-refractivity contribution in [2.75, 3.05) is 39.0 Å².